The van der Waals surface area contributed by atoms with E-state index in [1.165, 1.54) is 0 Å². The maximum atomic E-state index is 13.2. The molecule has 0 saturated heterocycles. The second-order valence-corrected chi connectivity index (χ2v) is 12.6. The second kappa shape index (κ2) is 7.44. The minimum Gasteiger partial charge on any atom is -0.316 e. The van der Waals surface area contributed by atoms with E-state index in [0.717, 1.165) is 0 Å². The fourth-order valence-electron chi connectivity index (χ4n) is 1.36. The first-order valence-corrected chi connectivity index (χ1v) is 10.9. The van der Waals surface area contributed by atoms with Crippen LogP contribution in [0, 0.1) is 0 Å². The van der Waals surface area contributed by atoms with Crippen molar-refractivity contribution in [2.75, 3.05) is 0 Å². The van der Waals surface area contributed by atoms with Gasteiger partial charge in [-0.1, -0.05) is 33.2 Å². The van der Waals surface area contributed by atoms with E-state index in [0.29, 0.717) is 0 Å². The van der Waals surface area contributed by atoms with Gasteiger partial charge in [0.1, 0.15) is 0 Å². The highest BCUT2D eigenvalue weighted by Gasteiger charge is 2.95. The standard InChI is InChI=1S/C8Cl3F17OSi/c9-30(10,11)29-8(27,28)6(22,23)4(18,19)2(14,15)1(12,13)3(16,17)5(20,21)7(24,25)26. The van der Waals surface area contributed by atoms with Crippen molar-refractivity contribution in [2.24, 2.45) is 0 Å². The Hall–Kier alpha value is -0.143. The third-order valence-electron chi connectivity index (χ3n) is 2.94. The number of hydrogen-bond donors (Lipinski definition) is 0. The lowest BCUT2D eigenvalue weighted by Gasteiger charge is -2.42. The average molecular weight is 569 g/mol. The van der Waals surface area contributed by atoms with Crippen molar-refractivity contribution < 1.29 is 79.1 Å². The fourth-order valence-corrected chi connectivity index (χ4v) is 2.65. The van der Waals surface area contributed by atoms with Crippen molar-refractivity contribution in [3.05, 3.63) is 0 Å². The summed E-state index contributed by atoms with van der Waals surface area (Å²) in [4.78, 5) is 0. The van der Waals surface area contributed by atoms with Gasteiger partial charge in [-0.3, -0.25) is 0 Å². The molecule has 0 amide bonds. The minimum absolute atomic E-state index is 2.47. The molecule has 22 heteroatoms. The molecule has 0 aliphatic rings. The molecule has 0 aromatic rings. The smallest absolute Gasteiger partial charge is 0.316 e. The van der Waals surface area contributed by atoms with Crippen LogP contribution in [0.4, 0.5) is 74.6 Å². The molecule has 0 rings (SSSR count). The Bertz CT molecular complexity index is 638. The fraction of sp³-hybridized carbons (Fsp3) is 1.00. The molecule has 0 aliphatic heterocycles. The van der Waals surface area contributed by atoms with Gasteiger partial charge in [-0.25, -0.2) is 0 Å². The Morgan fingerprint density at radius 1 is 0.400 bits per heavy atom. The van der Waals surface area contributed by atoms with E-state index < -0.39 is 54.1 Å². The van der Waals surface area contributed by atoms with Gasteiger partial charge >= 0.3 is 54.1 Å². The highest BCUT2D eigenvalue weighted by Crippen LogP contribution is 2.64. The zero-order valence-corrected chi connectivity index (χ0v) is 15.7. The topological polar surface area (TPSA) is 9.23 Å². The molecular weight excluding hydrogens is 569 g/mol. The molecule has 0 N–H and O–H groups in total. The Balaban J connectivity index is 6.70. The largest absolute Gasteiger partial charge is 0.498 e. The molecule has 1 nitrogen and oxygen atoms in total. The first-order chi connectivity index (χ1) is 12.5. The maximum Gasteiger partial charge on any atom is 0.498 e. The van der Waals surface area contributed by atoms with Gasteiger partial charge < -0.3 is 4.43 Å². The Morgan fingerprint density at radius 2 is 0.633 bits per heavy atom. The monoisotopic (exact) mass is 568 g/mol. The third kappa shape index (κ3) is 4.24. The summed E-state index contributed by atoms with van der Waals surface area (Å²) in [5, 5.41) is 0. The predicted octanol–water partition coefficient (Wildman–Crippen LogP) is 7.12. The quantitative estimate of drug-likeness (QED) is 0.172. The van der Waals surface area contributed by atoms with Crippen LogP contribution in [0.3, 0.4) is 0 Å². The molecule has 0 spiro atoms. The minimum atomic E-state index is -8.72. The number of halogens is 20. The van der Waals surface area contributed by atoms with Crippen LogP contribution in [0.5, 0.6) is 0 Å². The molecule has 0 heterocycles. The molecule has 182 valence electrons. The molecule has 30 heavy (non-hydrogen) atoms. The van der Waals surface area contributed by atoms with Crippen molar-refractivity contribution in [1.82, 2.24) is 0 Å². The van der Waals surface area contributed by atoms with Gasteiger partial charge in [-0.15, -0.1) is 0 Å². The van der Waals surface area contributed by atoms with E-state index >= 15 is 0 Å². The van der Waals surface area contributed by atoms with Gasteiger partial charge in [0, 0.05) is 0 Å². The zero-order valence-electron chi connectivity index (χ0n) is 12.5. The third-order valence-corrected chi connectivity index (χ3v) is 4.12. The Kier molecular flexibility index (Phi) is 7.41. The first kappa shape index (κ1) is 29.9. The van der Waals surface area contributed by atoms with Crippen LogP contribution in [0.2, 0.25) is 0 Å². The summed E-state index contributed by atoms with van der Waals surface area (Å²) in [6, 6.07) is 0. The molecule has 0 aromatic heterocycles. The van der Waals surface area contributed by atoms with E-state index in [-0.39, 0.29) is 0 Å². The molecule has 0 radical (unpaired) electrons. The van der Waals surface area contributed by atoms with Crippen LogP contribution in [-0.2, 0) is 4.43 Å². The van der Waals surface area contributed by atoms with Gasteiger partial charge in [0.2, 0.25) is 0 Å². The second-order valence-electron chi connectivity index (χ2n) is 5.01. The maximum absolute atomic E-state index is 13.2. The summed E-state index contributed by atoms with van der Waals surface area (Å²) in [5.74, 6) is -50.8. The molecule has 0 saturated carbocycles. The normalized spacial score (nSPS) is 16.8. The van der Waals surface area contributed by atoms with Gasteiger partial charge in [0.05, 0.1) is 0 Å². The van der Waals surface area contributed by atoms with Gasteiger partial charge in [-0.05, 0) is 0 Å². The van der Waals surface area contributed by atoms with Crippen molar-refractivity contribution in [3.63, 3.8) is 0 Å². The lowest BCUT2D eigenvalue weighted by Crippen LogP contribution is -2.74. The molecule has 0 bridgehead atoms. The van der Waals surface area contributed by atoms with Crippen LogP contribution >= 0.6 is 33.2 Å². The molecular formula is C8Cl3F17OSi. The van der Waals surface area contributed by atoms with Crippen LogP contribution in [0.25, 0.3) is 0 Å². The summed E-state index contributed by atoms with van der Waals surface area (Å²) in [6.07, 6.45) is -20.6. The zero-order chi connectivity index (χ0) is 25.2. The molecule has 0 aliphatic carbocycles. The van der Waals surface area contributed by atoms with Gasteiger partial charge in [0.25, 0.3) is 0 Å². The first-order valence-electron chi connectivity index (χ1n) is 5.94. The molecule has 0 unspecified atom stereocenters. The van der Waals surface area contributed by atoms with Crippen molar-refractivity contribution in [2.45, 2.75) is 47.8 Å². The Morgan fingerprint density at radius 3 is 0.867 bits per heavy atom. The van der Waals surface area contributed by atoms with Crippen LogP contribution in [0.15, 0.2) is 0 Å². The van der Waals surface area contributed by atoms with E-state index in [1.54, 1.807) is 0 Å². The summed E-state index contributed by atoms with van der Waals surface area (Å²) in [6.45, 7) is 0. The predicted molar refractivity (Wildman–Crippen MR) is 65.1 cm³/mol. The highest BCUT2D eigenvalue weighted by molar-refractivity contribution is 7.62. The lowest BCUT2D eigenvalue weighted by molar-refractivity contribution is -0.472. The SMILES string of the molecule is FC(F)(F)C(F)(F)C(F)(F)C(F)(F)C(F)(F)C(F)(F)C(F)(F)C(F)(F)O[Si](Cl)(Cl)Cl. The van der Waals surface area contributed by atoms with Crippen molar-refractivity contribution in [3.8, 4) is 0 Å². The van der Waals surface area contributed by atoms with Gasteiger partial charge in [-0.2, -0.15) is 74.6 Å². The van der Waals surface area contributed by atoms with E-state index in [4.69, 9.17) is 0 Å². The number of hydrogen-bond acceptors (Lipinski definition) is 1. The summed E-state index contributed by atoms with van der Waals surface area (Å²) < 4.78 is 221. The molecule has 0 atom stereocenters. The van der Waals surface area contributed by atoms with E-state index in [2.05, 4.69) is 37.7 Å². The molecule has 0 fully saturated rings. The van der Waals surface area contributed by atoms with E-state index in [1.807, 2.05) is 0 Å². The Labute approximate surface area is 167 Å². The van der Waals surface area contributed by atoms with Crippen molar-refractivity contribution >= 4 is 39.5 Å². The van der Waals surface area contributed by atoms with Crippen LogP contribution < -0.4 is 0 Å². The average Bonchev–Trinajstić information content (AvgIpc) is 2.41. The van der Waals surface area contributed by atoms with Crippen LogP contribution in [0.1, 0.15) is 0 Å². The van der Waals surface area contributed by atoms with E-state index in [9.17, 15) is 74.6 Å². The summed E-state index contributed by atoms with van der Waals surface area (Å²) in [7, 11) is 0. The summed E-state index contributed by atoms with van der Waals surface area (Å²) in [5.41, 5.74) is 0. The highest BCUT2D eigenvalue weighted by atomic mass is 35.8. The van der Waals surface area contributed by atoms with Crippen molar-refractivity contribution in [1.29, 1.82) is 0 Å². The summed E-state index contributed by atoms with van der Waals surface area (Å²) >= 11 is 13.4. The molecule has 0 aromatic carbocycles. The number of alkyl halides is 17. The number of rotatable bonds is 8. The van der Waals surface area contributed by atoms with Crippen LogP contribution in [-0.4, -0.2) is 54.1 Å². The van der Waals surface area contributed by atoms with Gasteiger partial charge in [0.15, 0.2) is 0 Å². The lowest BCUT2D eigenvalue weighted by atomic mass is 9.91.